The molecule has 2 aliphatic rings. The van der Waals surface area contributed by atoms with E-state index in [-0.39, 0.29) is 17.3 Å². The summed E-state index contributed by atoms with van der Waals surface area (Å²) in [4.78, 5) is 18.6. The zero-order valence-electron chi connectivity index (χ0n) is 15.5. The molecule has 4 rings (SSSR count). The maximum Gasteiger partial charge on any atom is 0.244 e. The van der Waals surface area contributed by atoms with Crippen LogP contribution < -0.4 is 5.32 Å². The lowest BCUT2D eigenvalue weighted by Crippen LogP contribution is -2.43. The summed E-state index contributed by atoms with van der Waals surface area (Å²) < 4.78 is 40.2. The largest absolute Gasteiger partial charge is 0.301 e. The van der Waals surface area contributed by atoms with E-state index in [0.29, 0.717) is 23.9 Å². The van der Waals surface area contributed by atoms with Crippen molar-refractivity contribution in [2.45, 2.75) is 50.0 Å². The van der Waals surface area contributed by atoms with Crippen LogP contribution in [-0.2, 0) is 27.7 Å². The van der Waals surface area contributed by atoms with Crippen LogP contribution in [0.3, 0.4) is 0 Å². The van der Waals surface area contributed by atoms with E-state index in [1.165, 1.54) is 32.7 Å². The van der Waals surface area contributed by atoms with Gasteiger partial charge in [0.2, 0.25) is 15.9 Å². The van der Waals surface area contributed by atoms with Crippen LogP contribution in [0.2, 0.25) is 0 Å². The number of halogens is 1. The molecular formula is C19H22FN3O3S2. The lowest BCUT2D eigenvalue weighted by molar-refractivity contribution is -0.119. The van der Waals surface area contributed by atoms with E-state index >= 15 is 0 Å². The van der Waals surface area contributed by atoms with Gasteiger partial charge in [0.15, 0.2) is 5.13 Å². The molecule has 2 aromatic rings. The summed E-state index contributed by atoms with van der Waals surface area (Å²) in [5, 5.41) is 3.36. The molecule has 1 fully saturated rings. The Labute approximate surface area is 167 Å². The number of hydrogen-bond acceptors (Lipinski definition) is 5. The van der Waals surface area contributed by atoms with Gasteiger partial charge < -0.3 is 5.32 Å². The molecule has 1 aliphatic carbocycles. The average molecular weight is 424 g/mol. The second-order valence-corrected chi connectivity index (χ2v) is 10.4. The Morgan fingerprint density at radius 3 is 2.79 bits per heavy atom. The van der Waals surface area contributed by atoms with Gasteiger partial charge in [0.1, 0.15) is 11.9 Å². The van der Waals surface area contributed by atoms with Gasteiger partial charge >= 0.3 is 0 Å². The van der Waals surface area contributed by atoms with E-state index in [2.05, 4.69) is 17.2 Å². The molecule has 0 bridgehead atoms. The number of aromatic nitrogens is 1. The minimum Gasteiger partial charge on any atom is -0.301 e. The Bertz CT molecular complexity index is 988. The minimum atomic E-state index is -3.86. The Hall–Kier alpha value is -1.84. The molecular weight excluding hydrogens is 401 g/mol. The standard InChI is InChI=1S/C19H22FN3O3S2/c1-12-4-9-15-17(11-12)27-19(21-15)22-18(24)16-3-2-10-23(16)28(25,26)14-7-5-13(20)6-8-14/h5-8,12,16H,2-4,9-11H2,1H3,(H,21,22,24)/t12-,16-/m0/s1. The van der Waals surface area contributed by atoms with Gasteiger partial charge in [-0.1, -0.05) is 6.92 Å². The number of thiazole rings is 1. The number of benzene rings is 1. The van der Waals surface area contributed by atoms with Gasteiger partial charge in [-0.2, -0.15) is 4.31 Å². The molecule has 1 aromatic carbocycles. The molecule has 1 aliphatic heterocycles. The Morgan fingerprint density at radius 2 is 2.04 bits per heavy atom. The van der Waals surface area contributed by atoms with Crippen molar-refractivity contribution in [2.75, 3.05) is 11.9 Å². The first-order valence-corrected chi connectivity index (χ1v) is 11.7. The van der Waals surface area contributed by atoms with Gasteiger partial charge in [0.05, 0.1) is 10.6 Å². The fraction of sp³-hybridized carbons (Fsp3) is 0.474. The number of carbonyl (C=O) groups excluding carboxylic acids is 1. The topological polar surface area (TPSA) is 79.4 Å². The van der Waals surface area contributed by atoms with E-state index in [0.717, 1.165) is 37.1 Å². The van der Waals surface area contributed by atoms with Gasteiger partial charge in [-0.25, -0.2) is 17.8 Å². The van der Waals surface area contributed by atoms with Crippen molar-refractivity contribution in [3.63, 3.8) is 0 Å². The summed E-state index contributed by atoms with van der Waals surface area (Å²) >= 11 is 1.48. The molecule has 0 unspecified atom stereocenters. The molecule has 1 amide bonds. The molecule has 2 heterocycles. The molecule has 1 aromatic heterocycles. The number of hydrogen-bond donors (Lipinski definition) is 1. The van der Waals surface area contributed by atoms with Crippen molar-refractivity contribution < 1.29 is 17.6 Å². The predicted molar refractivity (Wildman–Crippen MR) is 105 cm³/mol. The quantitative estimate of drug-likeness (QED) is 0.819. The number of aryl methyl sites for hydroxylation is 1. The molecule has 1 N–H and O–H groups in total. The van der Waals surface area contributed by atoms with Crippen LogP contribution >= 0.6 is 11.3 Å². The molecule has 0 radical (unpaired) electrons. The third-order valence-electron chi connectivity index (χ3n) is 5.34. The van der Waals surface area contributed by atoms with Crippen LogP contribution in [0.15, 0.2) is 29.2 Å². The van der Waals surface area contributed by atoms with Gasteiger partial charge in [-0.05, 0) is 62.3 Å². The Morgan fingerprint density at radius 1 is 1.29 bits per heavy atom. The normalized spacial score (nSPS) is 22.8. The second kappa shape index (κ2) is 7.53. The molecule has 9 heteroatoms. The summed E-state index contributed by atoms with van der Waals surface area (Å²) in [5.41, 5.74) is 1.04. The monoisotopic (exact) mass is 423 g/mol. The summed E-state index contributed by atoms with van der Waals surface area (Å²) in [6, 6.07) is 3.90. The average Bonchev–Trinajstić information content (AvgIpc) is 3.28. The summed E-state index contributed by atoms with van der Waals surface area (Å²) in [6.07, 6.45) is 4.03. The van der Waals surface area contributed by atoms with Crippen molar-refractivity contribution in [3.8, 4) is 0 Å². The molecule has 0 spiro atoms. The number of amides is 1. The van der Waals surface area contributed by atoms with Crippen LogP contribution in [-0.4, -0.2) is 36.2 Å². The first-order valence-electron chi connectivity index (χ1n) is 9.41. The van der Waals surface area contributed by atoms with E-state index in [1.807, 2.05) is 0 Å². The van der Waals surface area contributed by atoms with Crippen molar-refractivity contribution in [1.29, 1.82) is 0 Å². The predicted octanol–water partition coefficient (Wildman–Crippen LogP) is 3.20. The molecule has 1 saturated heterocycles. The second-order valence-electron chi connectivity index (χ2n) is 7.45. The molecule has 6 nitrogen and oxygen atoms in total. The van der Waals surface area contributed by atoms with Crippen LogP contribution in [0, 0.1) is 11.7 Å². The number of nitrogens with one attached hydrogen (secondary N) is 1. The molecule has 2 atom stereocenters. The highest BCUT2D eigenvalue weighted by Gasteiger charge is 2.39. The number of rotatable bonds is 4. The van der Waals surface area contributed by atoms with Gasteiger partial charge in [0, 0.05) is 11.4 Å². The fourth-order valence-electron chi connectivity index (χ4n) is 3.81. The summed E-state index contributed by atoms with van der Waals surface area (Å²) in [5.74, 6) is -0.248. The van der Waals surface area contributed by atoms with Crippen molar-refractivity contribution >= 4 is 32.4 Å². The fourth-order valence-corrected chi connectivity index (χ4v) is 6.64. The Kier molecular flexibility index (Phi) is 5.24. The zero-order chi connectivity index (χ0) is 19.9. The maximum absolute atomic E-state index is 13.1. The van der Waals surface area contributed by atoms with Gasteiger partial charge in [0.25, 0.3) is 0 Å². The van der Waals surface area contributed by atoms with E-state index in [9.17, 15) is 17.6 Å². The highest BCUT2D eigenvalue weighted by Crippen LogP contribution is 2.33. The van der Waals surface area contributed by atoms with E-state index in [1.54, 1.807) is 0 Å². The number of sulfonamides is 1. The lowest BCUT2D eigenvalue weighted by atomic mass is 9.93. The number of carbonyl (C=O) groups is 1. The van der Waals surface area contributed by atoms with Crippen LogP contribution in [0.1, 0.15) is 36.8 Å². The molecule has 150 valence electrons. The highest BCUT2D eigenvalue weighted by molar-refractivity contribution is 7.89. The van der Waals surface area contributed by atoms with Crippen LogP contribution in [0.4, 0.5) is 9.52 Å². The van der Waals surface area contributed by atoms with Crippen LogP contribution in [0.5, 0.6) is 0 Å². The smallest absolute Gasteiger partial charge is 0.244 e. The number of anilines is 1. The first kappa shape index (κ1) is 19.5. The lowest BCUT2D eigenvalue weighted by Gasteiger charge is -2.23. The van der Waals surface area contributed by atoms with Gasteiger partial charge in [-0.3, -0.25) is 4.79 Å². The number of nitrogens with zero attached hydrogens (tertiary/aromatic N) is 2. The first-order chi connectivity index (χ1) is 13.3. The van der Waals surface area contributed by atoms with Crippen LogP contribution in [0.25, 0.3) is 0 Å². The van der Waals surface area contributed by atoms with E-state index < -0.39 is 21.9 Å². The zero-order valence-corrected chi connectivity index (χ0v) is 17.2. The van der Waals surface area contributed by atoms with Crippen molar-refractivity contribution in [3.05, 3.63) is 40.7 Å². The molecule has 28 heavy (non-hydrogen) atoms. The maximum atomic E-state index is 13.1. The SMILES string of the molecule is C[C@H]1CCc2nc(NC(=O)[C@@H]3CCCN3S(=O)(=O)c3ccc(F)cc3)sc2C1. The third-order valence-corrected chi connectivity index (χ3v) is 8.30. The van der Waals surface area contributed by atoms with Crippen molar-refractivity contribution in [1.82, 2.24) is 9.29 Å². The third kappa shape index (κ3) is 3.70. The number of fused-ring (bicyclic) bond motifs is 1. The van der Waals surface area contributed by atoms with E-state index in [4.69, 9.17) is 0 Å². The minimum absolute atomic E-state index is 0.00713. The van der Waals surface area contributed by atoms with Crippen molar-refractivity contribution in [2.24, 2.45) is 5.92 Å². The summed E-state index contributed by atoms with van der Waals surface area (Å²) in [6.45, 7) is 2.47. The van der Waals surface area contributed by atoms with Gasteiger partial charge in [-0.15, -0.1) is 11.3 Å². The summed E-state index contributed by atoms with van der Waals surface area (Å²) in [7, 11) is -3.86. The highest BCUT2D eigenvalue weighted by atomic mass is 32.2. The molecule has 0 saturated carbocycles. The Balaban J connectivity index is 1.52.